The summed E-state index contributed by atoms with van der Waals surface area (Å²) in [5, 5.41) is 9.86. The van der Waals surface area contributed by atoms with Crippen molar-refractivity contribution in [3.05, 3.63) is 53.2 Å². The summed E-state index contributed by atoms with van der Waals surface area (Å²) in [5.41, 5.74) is 0.587. The molecule has 3 aromatic rings. The number of nitrogens with zero attached hydrogens (tertiary/aromatic N) is 2. The summed E-state index contributed by atoms with van der Waals surface area (Å²) in [6, 6.07) is 8.46. The Kier molecular flexibility index (Phi) is 4.74. The number of benzene rings is 1. The number of carbonyl (C=O) groups excluding carboxylic acids is 1. The van der Waals surface area contributed by atoms with Gasteiger partial charge in [-0.3, -0.25) is 9.78 Å². The van der Waals surface area contributed by atoms with Gasteiger partial charge in [-0.05, 0) is 30.3 Å². The van der Waals surface area contributed by atoms with Gasteiger partial charge in [-0.25, -0.2) is 4.79 Å². The van der Waals surface area contributed by atoms with Crippen molar-refractivity contribution in [1.82, 2.24) is 9.88 Å². The van der Waals surface area contributed by atoms with Crippen LogP contribution in [0, 0.1) is 0 Å². The molecule has 1 amide bonds. The zero-order valence-corrected chi connectivity index (χ0v) is 15.1. The van der Waals surface area contributed by atoms with Crippen LogP contribution in [0.3, 0.4) is 0 Å². The number of pyridine rings is 1. The SMILES string of the molecule is O=C(O)c1cc2c(Oc3ccc(C(=O)N4CCOCC4)cc3)cncc2s1. The van der Waals surface area contributed by atoms with Crippen LogP contribution in [0.1, 0.15) is 20.0 Å². The highest BCUT2D eigenvalue weighted by Gasteiger charge is 2.18. The number of ether oxygens (including phenoxy) is 2. The van der Waals surface area contributed by atoms with Crippen molar-refractivity contribution >= 4 is 33.3 Å². The second kappa shape index (κ2) is 7.34. The molecule has 1 N–H and O–H groups in total. The molecule has 4 rings (SSSR count). The van der Waals surface area contributed by atoms with Gasteiger partial charge >= 0.3 is 5.97 Å². The number of rotatable bonds is 4. The lowest BCUT2D eigenvalue weighted by Gasteiger charge is -2.26. The standard InChI is InChI=1S/C19H16N2O5S/c22-18(21-5-7-25-8-6-21)12-1-3-13(4-2-12)26-15-10-20-11-17-14(15)9-16(27-17)19(23)24/h1-4,9-11H,5-8H2,(H,23,24). The van der Waals surface area contributed by atoms with Crippen LogP contribution in [0.4, 0.5) is 0 Å². The van der Waals surface area contributed by atoms with Crippen molar-refractivity contribution in [2.24, 2.45) is 0 Å². The highest BCUT2D eigenvalue weighted by molar-refractivity contribution is 7.20. The molecule has 0 bridgehead atoms. The van der Waals surface area contributed by atoms with Gasteiger partial charge in [0.1, 0.15) is 10.6 Å². The number of hydrogen-bond acceptors (Lipinski definition) is 6. The van der Waals surface area contributed by atoms with Crippen LogP contribution >= 0.6 is 11.3 Å². The number of carboxylic acid groups (broad SMARTS) is 1. The molecule has 7 nitrogen and oxygen atoms in total. The van der Waals surface area contributed by atoms with E-state index in [0.29, 0.717) is 48.8 Å². The predicted octanol–water partition coefficient (Wildman–Crippen LogP) is 3.26. The molecule has 0 saturated carbocycles. The fourth-order valence-electron chi connectivity index (χ4n) is 2.86. The summed E-state index contributed by atoms with van der Waals surface area (Å²) >= 11 is 1.15. The Bertz CT molecular complexity index is 993. The van der Waals surface area contributed by atoms with Crippen molar-refractivity contribution in [2.75, 3.05) is 26.3 Å². The van der Waals surface area contributed by atoms with E-state index >= 15 is 0 Å². The number of thiophene rings is 1. The molecule has 3 heterocycles. The molecule has 0 atom stereocenters. The average molecular weight is 384 g/mol. The lowest BCUT2D eigenvalue weighted by molar-refractivity contribution is 0.0303. The number of aromatic carboxylic acids is 1. The normalized spacial score (nSPS) is 14.3. The van der Waals surface area contributed by atoms with Gasteiger partial charge in [0.2, 0.25) is 0 Å². The molecule has 0 unspecified atom stereocenters. The van der Waals surface area contributed by atoms with Gasteiger partial charge in [-0.1, -0.05) is 0 Å². The smallest absolute Gasteiger partial charge is 0.345 e. The van der Waals surface area contributed by atoms with Crippen LogP contribution in [-0.4, -0.2) is 53.2 Å². The van der Waals surface area contributed by atoms with Gasteiger partial charge < -0.3 is 19.5 Å². The van der Waals surface area contributed by atoms with E-state index in [9.17, 15) is 9.59 Å². The second-order valence-electron chi connectivity index (χ2n) is 6.00. The Balaban J connectivity index is 1.54. The molecule has 0 aliphatic carbocycles. The first-order valence-corrected chi connectivity index (χ1v) is 9.19. The third-order valence-electron chi connectivity index (χ3n) is 4.25. The van der Waals surface area contributed by atoms with Crippen molar-refractivity contribution in [3.63, 3.8) is 0 Å². The number of aromatic nitrogens is 1. The van der Waals surface area contributed by atoms with Crippen LogP contribution in [0.15, 0.2) is 42.7 Å². The molecule has 27 heavy (non-hydrogen) atoms. The highest BCUT2D eigenvalue weighted by atomic mass is 32.1. The summed E-state index contributed by atoms with van der Waals surface area (Å²) in [6.07, 6.45) is 3.16. The van der Waals surface area contributed by atoms with Crippen molar-refractivity contribution < 1.29 is 24.2 Å². The highest BCUT2D eigenvalue weighted by Crippen LogP contribution is 2.34. The largest absolute Gasteiger partial charge is 0.477 e. The van der Waals surface area contributed by atoms with Crippen LogP contribution in [0.25, 0.3) is 10.1 Å². The Labute approximate surface area is 158 Å². The first-order chi connectivity index (χ1) is 13.1. The maximum absolute atomic E-state index is 12.5. The summed E-state index contributed by atoms with van der Waals surface area (Å²) < 4.78 is 11.9. The van der Waals surface area contributed by atoms with Gasteiger partial charge in [0.05, 0.1) is 24.1 Å². The molecular weight excluding hydrogens is 368 g/mol. The van der Waals surface area contributed by atoms with E-state index in [1.807, 2.05) is 0 Å². The van der Waals surface area contributed by atoms with Gasteiger partial charge in [0.15, 0.2) is 5.75 Å². The Hall–Kier alpha value is -2.97. The topological polar surface area (TPSA) is 89.0 Å². The minimum absolute atomic E-state index is 0.0300. The summed E-state index contributed by atoms with van der Waals surface area (Å²) in [4.78, 5) is 29.8. The van der Waals surface area contributed by atoms with Gasteiger partial charge in [-0.2, -0.15) is 0 Å². The second-order valence-corrected chi connectivity index (χ2v) is 7.08. The fraction of sp³-hybridized carbons (Fsp3) is 0.211. The maximum Gasteiger partial charge on any atom is 0.345 e. The zero-order chi connectivity index (χ0) is 18.8. The van der Waals surface area contributed by atoms with Crippen LogP contribution in [0.5, 0.6) is 11.5 Å². The van der Waals surface area contributed by atoms with E-state index in [1.165, 1.54) is 0 Å². The average Bonchev–Trinajstić information content (AvgIpc) is 3.15. The number of carbonyl (C=O) groups is 2. The predicted molar refractivity (Wildman–Crippen MR) is 99.8 cm³/mol. The van der Waals surface area contributed by atoms with Crippen molar-refractivity contribution in [1.29, 1.82) is 0 Å². The van der Waals surface area contributed by atoms with Crippen LogP contribution in [-0.2, 0) is 4.74 Å². The summed E-state index contributed by atoms with van der Waals surface area (Å²) in [7, 11) is 0. The number of fused-ring (bicyclic) bond motifs is 1. The zero-order valence-electron chi connectivity index (χ0n) is 14.3. The Morgan fingerprint density at radius 3 is 2.59 bits per heavy atom. The molecule has 2 aromatic heterocycles. The monoisotopic (exact) mass is 384 g/mol. The van der Waals surface area contributed by atoms with Crippen molar-refractivity contribution in [3.8, 4) is 11.5 Å². The van der Waals surface area contributed by atoms with E-state index in [4.69, 9.17) is 14.6 Å². The van der Waals surface area contributed by atoms with Gasteiger partial charge in [0.25, 0.3) is 5.91 Å². The molecule has 0 radical (unpaired) electrons. The molecule has 1 aliphatic rings. The molecule has 1 aromatic carbocycles. The first kappa shape index (κ1) is 17.4. The lowest BCUT2D eigenvalue weighted by Crippen LogP contribution is -2.40. The van der Waals surface area contributed by atoms with E-state index in [2.05, 4.69) is 4.98 Å². The minimum atomic E-state index is -0.979. The third kappa shape index (κ3) is 3.62. The van der Waals surface area contributed by atoms with Gasteiger partial charge in [-0.15, -0.1) is 11.3 Å². The first-order valence-electron chi connectivity index (χ1n) is 8.37. The van der Waals surface area contributed by atoms with E-state index < -0.39 is 5.97 Å². The molecule has 8 heteroatoms. The van der Waals surface area contributed by atoms with E-state index in [-0.39, 0.29) is 10.8 Å². The molecule has 1 saturated heterocycles. The maximum atomic E-state index is 12.5. The molecule has 0 spiro atoms. The number of carboxylic acids is 1. The number of morpholine rings is 1. The fourth-order valence-corrected chi connectivity index (χ4v) is 3.75. The molecule has 1 fully saturated rings. The Morgan fingerprint density at radius 1 is 1.15 bits per heavy atom. The van der Waals surface area contributed by atoms with Crippen molar-refractivity contribution in [2.45, 2.75) is 0 Å². The molecule has 1 aliphatic heterocycles. The summed E-state index contributed by atoms with van der Waals surface area (Å²) in [5.74, 6) is 0.0140. The number of amides is 1. The number of hydrogen-bond donors (Lipinski definition) is 1. The van der Waals surface area contributed by atoms with Crippen LogP contribution < -0.4 is 4.74 Å². The molecule has 138 valence electrons. The van der Waals surface area contributed by atoms with Crippen LogP contribution in [0.2, 0.25) is 0 Å². The van der Waals surface area contributed by atoms with Gasteiger partial charge in [0, 0.05) is 30.2 Å². The lowest BCUT2D eigenvalue weighted by atomic mass is 10.2. The molecular formula is C19H16N2O5S. The minimum Gasteiger partial charge on any atom is -0.477 e. The Morgan fingerprint density at radius 2 is 1.89 bits per heavy atom. The third-order valence-corrected chi connectivity index (χ3v) is 5.31. The quantitative estimate of drug-likeness (QED) is 0.743. The summed E-state index contributed by atoms with van der Waals surface area (Å²) in [6.45, 7) is 2.30. The van der Waals surface area contributed by atoms with E-state index in [1.54, 1.807) is 47.6 Å². The van der Waals surface area contributed by atoms with E-state index in [0.717, 1.165) is 16.0 Å².